The van der Waals surface area contributed by atoms with Crippen LogP contribution in [0.3, 0.4) is 0 Å². The number of carbonyl (C=O) groups excluding carboxylic acids is 2. The van der Waals surface area contributed by atoms with Gasteiger partial charge in [0.05, 0.1) is 17.9 Å². The molecule has 6 heteroatoms. The zero-order valence-electron chi connectivity index (χ0n) is 13.8. The molecule has 132 valence electrons. The normalized spacial score (nSPS) is 17.9. The first kappa shape index (κ1) is 18.4. The van der Waals surface area contributed by atoms with Gasteiger partial charge in [0.2, 0.25) is 11.8 Å². The molecule has 0 radical (unpaired) electrons. The van der Waals surface area contributed by atoms with Crippen molar-refractivity contribution < 1.29 is 19.1 Å². The van der Waals surface area contributed by atoms with Gasteiger partial charge in [0.15, 0.2) is 0 Å². The van der Waals surface area contributed by atoms with Crippen LogP contribution in [0, 0.1) is 11.7 Å². The highest BCUT2D eigenvalue weighted by Crippen LogP contribution is 2.30. The highest BCUT2D eigenvalue weighted by Gasteiger charge is 2.31. The van der Waals surface area contributed by atoms with Crippen molar-refractivity contribution in [2.75, 3.05) is 6.54 Å². The molecule has 1 atom stereocenters. The molecule has 4 N–H and O–H groups in total. The molecule has 2 amide bonds. The third-order valence-electron chi connectivity index (χ3n) is 4.62. The van der Waals surface area contributed by atoms with Crippen molar-refractivity contribution in [3.05, 3.63) is 35.6 Å². The Morgan fingerprint density at radius 2 is 1.83 bits per heavy atom. The molecule has 0 aromatic heterocycles. The summed E-state index contributed by atoms with van der Waals surface area (Å²) in [4.78, 5) is 23.7. The van der Waals surface area contributed by atoms with Gasteiger partial charge < -0.3 is 16.2 Å². The Labute approximate surface area is 141 Å². The van der Waals surface area contributed by atoms with Crippen molar-refractivity contribution in [1.29, 1.82) is 0 Å². The van der Waals surface area contributed by atoms with Gasteiger partial charge in [-0.3, -0.25) is 9.59 Å². The first-order chi connectivity index (χ1) is 11.4. The lowest BCUT2D eigenvalue weighted by atomic mass is 9.82. The van der Waals surface area contributed by atoms with E-state index in [-0.39, 0.29) is 24.7 Å². The number of rotatable bonds is 7. The standard InChI is InChI=1S/C18H25FN2O3/c19-15-6-4-13(5-7-15)10-14(17(20)23)12-21-16(22)11-18(24)8-2-1-3-9-18/h4-7,14,24H,1-3,8-12H2,(H2,20,23)(H,21,22). The fourth-order valence-corrected chi connectivity index (χ4v) is 3.16. The van der Waals surface area contributed by atoms with Gasteiger partial charge in [-0.05, 0) is 37.0 Å². The third kappa shape index (κ3) is 5.60. The van der Waals surface area contributed by atoms with E-state index in [1.54, 1.807) is 12.1 Å². The van der Waals surface area contributed by atoms with Gasteiger partial charge in [-0.25, -0.2) is 4.39 Å². The summed E-state index contributed by atoms with van der Waals surface area (Å²) in [6.07, 6.45) is 4.60. The number of amides is 2. The van der Waals surface area contributed by atoms with E-state index in [2.05, 4.69) is 5.32 Å². The molecule has 1 aliphatic carbocycles. The fourth-order valence-electron chi connectivity index (χ4n) is 3.16. The minimum absolute atomic E-state index is 0.0506. The van der Waals surface area contributed by atoms with Crippen LogP contribution in [0.4, 0.5) is 4.39 Å². The van der Waals surface area contributed by atoms with Crippen LogP contribution < -0.4 is 11.1 Å². The van der Waals surface area contributed by atoms with E-state index < -0.39 is 17.4 Å². The van der Waals surface area contributed by atoms with Gasteiger partial charge in [-0.1, -0.05) is 31.4 Å². The second kappa shape index (κ2) is 8.24. The van der Waals surface area contributed by atoms with E-state index in [4.69, 9.17) is 5.73 Å². The zero-order valence-corrected chi connectivity index (χ0v) is 13.8. The van der Waals surface area contributed by atoms with Crippen LogP contribution in [-0.2, 0) is 16.0 Å². The number of hydrogen-bond acceptors (Lipinski definition) is 3. The predicted octanol–water partition coefficient (Wildman–Crippen LogP) is 1.67. The smallest absolute Gasteiger partial charge is 0.222 e. The molecule has 24 heavy (non-hydrogen) atoms. The quantitative estimate of drug-likeness (QED) is 0.707. The van der Waals surface area contributed by atoms with Crippen LogP contribution in [0.1, 0.15) is 44.1 Å². The molecule has 1 fully saturated rings. The number of primary amides is 1. The average Bonchev–Trinajstić information content (AvgIpc) is 2.53. The maximum absolute atomic E-state index is 12.9. The van der Waals surface area contributed by atoms with Gasteiger partial charge >= 0.3 is 0 Å². The Hall–Kier alpha value is -1.95. The SMILES string of the molecule is NC(=O)C(CNC(=O)CC1(O)CCCCC1)Cc1ccc(F)cc1. The Balaban J connectivity index is 1.85. The van der Waals surface area contributed by atoms with Crippen LogP contribution in [0.2, 0.25) is 0 Å². The summed E-state index contributed by atoms with van der Waals surface area (Å²) in [7, 11) is 0. The van der Waals surface area contributed by atoms with Gasteiger partial charge in [0.1, 0.15) is 5.82 Å². The molecule has 2 rings (SSSR count). The van der Waals surface area contributed by atoms with Gasteiger partial charge in [0, 0.05) is 6.54 Å². The molecule has 5 nitrogen and oxygen atoms in total. The molecule has 0 spiro atoms. The molecular formula is C18H25FN2O3. The Kier molecular flexibility index (Phi) is 6.31. The molecule has 1 aliphatic rings. The fraction of sp³-hybridized carbons (Fsp3) is 0.556. The third-order valence-corrected chi connectivity index (χ3v) is 4.62. The molecule has 0 heterocycles. The van der Waals surface area contributed by atoms with Crippen molar-refractivity contribution in [1.82, 2.24) is 5.32 Å². The summed E-state index contributed by atoms with van der Waals surface area (Å²) >= 11 is 0. The molecule has 0 aliphatic heterocycles. The van der Waals surface area contributed by atoms with Crippen molar-refractivity contribution in [2.24, 2.45) is 11.7 Å². The van der Waals surface area contributed by atoms with E-state index in [1.165, 1.54) is 12.1 Å². The molecule has 1 aromatic carbocycles. The number of nitrogens with one attached hydrogen (secondary N) is 1. The van der Waals surface area contributed by atoms with Gasteiger partial charge in [-0.2, -0.15) is 0 Å². The van der Waals surface area contributed by atoms with Crippen LogP contribution in [-0.4, -0.2) is 29.1 Å². The monoisotopic (exact) mass is 336 g/mol. The molecule has 1 aromatic rings. The molecule has 0 saturated heterocycles. The summed E-state index contributed by atoms with van der Waals surface area (Å²) in [5.74, 6) is -1.70. The first-order valence-electron chi connectivity index (χ1n) is 8.41. The van der Waals surface area contributed by atoms with Gasteiger partial charge in [-0.15, -0.1) is 0 Å². The Morgan fingerprint density at radius 1 is 1.21 bits per heavy atom. The zero-order chi connectivity index (χ0) is 17.6. The molecule has 1 saturated carbocycles. The number of aliphatic hydroxyl groups is 1. The number of hydrogen-bond donors (Lipinski definition) is 3. The van der Waals surface area contributed by atoms with E-state index >= 15 is 0 Å². The second-order valence-corrected chi connectivity index (χ2v) is 6.70. The van der Waals surface area contributed by atoms with Crippen molar-refractivity contribution in [3.8, 4) is 0 Å². The maximum atomic E-state index is 12.9. The van der Waals surface area contributed by atoms with Crippen LogP contribution >= 0.6 is 0 Å². The van der Waals surface area contributed by atoms with Crippen molar-refractivity contribution >= 4 is 11.8 Å². The predicted molar refractivity (Wildman–Crippen MR) is 88.4 cm³/mol. The number of carbonyl (C=O) groups is 2. The summed E-state index contributed by atoms with van der Waals surface area (Å²) in [5.41, 5.74) is 5.25. The summed E-state index contributed by atoms with van der Waals surface area (Å²) < 4.78 is 12.9. The van der Waals surface area contributed by atoms with Crippen molar-refractivity contribution in [2.45, 2.75) is 50.5 Å². The lowest BCUT2D eigenvalue weighted by molar-refractivity contribution is -0.128. The number of nitrogens with two attached hydrogens (primary N) is 1. The van der Waals surface area contributed by atoms with E-state index in [1.807, 2.05) is 0 Å². The largest absolute Gasteiger partial charge is 0.389 e. The summed E-state index contributed by atoms with van der Waals surface area (Å²) in [5, 5.41) is 13.1. The highest BCUT2D eigenvalue weighted by atomic mass is 19.1. The maximum Gasteiger partial charge on any atom is 0.222 e. The summed E-state index contributed by atoms with van der Waals surface area (Å²) in [6, 6.07) is 5.84. The Morgan fingerprint density at radius 3 is 2.42 bits per heavy atom. The highest BCUT2D eigenvalue weighted by molar-refractivity contribution is 5.80. The van der Waals surface area contributed by atoms with E-state index in [0.717, 1.165) is 24.8 Å². The van der Waals surface area contributed by atoms with Crippen LogP contribution in [0.25, 0.3) is 0 Å². The van der Waals surface area contributed by atoms with E-state index in [0.29, 0.717) is 19.3 Å². The first-order valence-corrected chi connectivity index (χ1v) is 8.41. The van der Waals surface area contributed by atoms with Crippen LogP contribution in [0.5, 0.6) is 0 Å². The number of benzene rings is 1. The molecule has 0 bridgehead atoms. The molecule has 1 unspecified atom stereocenters. The minimum atomic E-state index is -0.929. The Bertz CT molecular complexity index is 568. The topological polar surface area (TPSA) is 92.4 Å². The molecular weight excluding hydrogens is 311 g/mol. The van der Waals surface area contributed by atoms with Gasteiger partial charge in [0.25, 0.3) is 0 Å². The van der Waals surface area contributed by atoms with Crippen molar-refractivity contribution in [3.63, 3.8) is 0 Å². The average molecular weight is 336 g/mol. The minimum Gasteiger partial charge on any atom is -0.389 e. The lowest BCUT2D eigenvalue weighted by Gasteiger charge is -2.31. The lowest BCUT2D eigenvalue weighted by Crippen LogP contribution is -2.42. The second-order valence-electron chi connectivity index (χ2n) is 6.70. The number of halogens is 1. The van der Waals surface area contributed by atoms with E-state index in [9.17, 15) is 19.1 Å². The van der Waals surface area contributed by atoms with Crippen LogP contribution in [0.15, 0.2) is 24.3 Å². The summed E-state index contributed by atoms with van der Waals surface area (Å²) in [6.45, 7) is 0.113.